The third kappa shape index (κ3) is 4.69. The lowest BCUT2D eigenvalue weighted by molar-refractivity contribution is 0.427. The van der Waals surface area contributed by atoms with Crippen molar-refractivity contribution >= 4 is 0 Å². The minimum absolute atomic E-state index is 0.282. The van der Waals surface area contributed by atoms with Crippen molar-refractivity contribution in [1.29, 1.82) is 0 Å². The fraction of sp³-hybridized carbons (Fsp3) is 0.471. The van der Waals surface area contributed by atoms with E-state index in [2.05, 4.69) is 28.6 Å². The SMILES string of the molecule is CCCNC(CCC(NC)c1ccccn1)c1ccoc1. The summed E-state index contributed by atoms with van der Waals surface area (Å²) in [5, 5.41) is 6.96. The van der Waals surface area contributed by atoms with Crippen LogP contribution >= 0.6 is 0 Å². The monoisotopic (exact) mass is 287 g/mol. The molecule has 114 valence electrons. The van der Waals surface area contributed by atoms with Crippen molar-refractivity contribution in [2.24, 2.45) is 0 Å². The molecule has 2 aromatic heterocycles. The van der Waals surface area contributed by atoms with Crippen LogP contribution in [0.1, 0.15) is 49.5 Å². The van der Waals surface area contributed by atoms with Crippen LogP contribution in [0.5, 0.6) is 0 Å². The second kappa shape index (κ2) is 8.60. The first-order valence-corrected chi connectivity index (χ1v) is 7.68. The van der Waals surface area contributed by atoms with Crippen molar-refractivity contribution in [3.05, 3.63) is 54.2 Å². The summed E-state index contributed by atoms with van der Waals surface area (Å²) in [5.41, 5.74) is 2.32. The molecule has 0 radical (unpaired) electrons. The quantitative estimate of drug-likeness (QED) is 0.741. The Kier molecular flexibility index (Phi) is 6.44. The number of pyridine rings is 1. The first kappa shape index (κ1) is 15.7. The van der Waals surface area contributed by atoms with Gasteiger partial charge in [0.1, 0.15) is 0 Å². The lowest BCUT2D eigenvalue weighted by Crippen LogP contribution is -2.24. The predicted molar refractivity (Wildman–Crippen MR) is 85.0 cm³/mol. The van der Waals surface area contributed by atoms with Gasteiger partial charge in [0.15, 0.2) is 0 Å². The Labute approximate surface area is 127 Å². The maximum absolute atomic E-state index is 5.23. The van der Waals surface area contributed by atoms with Gasteiger partial charge in [-0.2, -0.15) is 0 Å². The Bertz CT molecular complexity index is 484. The van der Waals surface area contributed by atoms with E-state index in [4.69, 9.17) is 4.42 Å². The molecule has 0 aromatic carbocycles. The van der Waals surface area contributed by atoms with E-state index >= 15 is 0 Å². The van der Waals surface area contributed by atoms with E-state index in [-0.39, 0.29) is 6.04 Å². The topological polar surface area (TPSA) is 50.1 Å². The Morgan fingerprint density at radius 3 is 2.67 bits per heavy atom. The van der Waals surface area contributed by atoms with Gasteiger partial charge in [0.05, 0.1) is 18.2 Å². The van der Waals surface area contributed by atoms with E-state index in [0.717, 1.165) is 31.5 Å². The third-order valence-electron chi connectivity index (χ3n) is 3.72. The zero-order valence-electron chi connectivity index (χ0n) is 12.9. The third-order valence-corrected chi connectivity index (χ3v) is 3.72. The summed E-state index contributed by atoms with van der Waals surface area (Å²) in [6.45, 7) is 3.20. The smallest absolute Gasteiger partial charge is 0.0950 e. The molecule has 2 aromatic rings. The van der Waals surface area contributed by atoms with Crippen molar-refractivity contribution in [3.8, 4) is 0 Å². The van der Waals surface area contributed by atoms with Gasteiger partial charge in [-0.3, -0.25) is 4.98 Å². The molecule has 0 aliphatic rings. The minimum Gasteiger partial charge on any atom is -0.472 e. The Morgan fingerprint density at radius 1 is 1.19 bits per heavy atom. The van der Waals surface area contributed by atoms with Crippen LogP contribution in [0.15, 0.2) is 47.4 Å². The van der Waals surface area contributed by atoms with Crippen LogP contribution < -0.4 is 10.6 Å². The molecule has 2 unspecified atom stereocenters. The molecule has 0 amide bonds. The molecule has 0 aliphatic heterocycles. The van der Waals surface area contributed by atoms with Crippen LogP contribution in [-0.4, -0.2) is 18.6 Å². The summed E-state index contributed by atoms with van der Waals surface area (Å²) in [7, 11) is 1.99. The summed E-state index contributed by atoms with van der Waals surface area (Å²) in [6, 6.07) is 8.73. The average molecular weight is 287 g/mol. The molecule has 2 N–H and O–H groups in total. The van der Waals surface area contributed by atoms with Crippen molar-refractivity contribution in [2.75, 3.05) is 13.6 Å². The lowest BCUT2D eigenvalue weighted by Gasteiger charge is -2.21. The zero-order valence-corrected chi connectivity index (χ0v) is 12.9. The summed E-state index contributed by atoms with van der Waals surface area (Å²) >= 11 is 0. The molecule has 0 saturated carbocycles. The van der Waals surface area contributed by atoms with Gasteiger partial charge >= 0.3 is 0 Å². The highest BCUT2D eigenvalue weighted by Crippen LogP contribution is 2.24. The van der Waals surface area contributed by atoms with Crippen molar-refractivity contribution < 1.29 is 4.42 Å². The summed E-state index contributed by atoms with van der Waals surface area (Å²) in [4.78, 5) is 4.45. The molecule has 0 aliphatic carbocycles. The summed E-state index contributed by atoms with van der Waals surface area (Å²) in [6.07, 6.45) is 8.63. The van der Waals surface area contributed by atoms with E-state index in [0.29, 0.717) is 6.04 Å². The van der Waals surface area contributed by atoms with Crippen LogP contribution in [0.2, 0.25) is 0 Å². The van der Waals surface area contributed by atoms with E-state index in [9.17, 15) is 0 Å². The fourth-order valence-electron chi connectivity index (χ4n) is 2.53. The number of nitrogens with one attached hydrogen (secondary N) is 2. The second-order valence-corrected chi connectivity index (χ2v) is 5.24. The van der Waals surface area contributed by atoms with E-state index in [1.807, 2.05) is 37.7 Å². The molecular formula is C17H25N3O. The maximum Gasteiger partial charge on any atom is 0.0950 e. The van der Waals surface area contributed by atoms with Gasteiger partial charge in [0.2, 0.25) is 0 Å². The minimum atomic E-state index is 0.282. The Hall–Kier alpha value is -1.65. The average Bonchev–Trinajstić information content (AvgIpc) is 3.06. The Balaban J connectivity index is 1.96. The van der Waals surface area contributed by atoms with Crippen LogP contribution in [0.25, 0.3) is 0 Å². The van der Waals surface area contributed by atoms with Crippen LogP contribution in [0, 0.1) is 0 Å². The van der Waals surface area contributed by atoms with Gasteiger partial charge in [0, 0.05) is 23.8 Å². The molecule has 2 atom stereocenters. The Morgan fingerprint density at radius 2 is 2.05 bits per heavy atom. The molecule has 4 nitrogen and oxygen atoms in total. The largest absolute Gasteiger partial charge is 0.472 e. The van der Waals surface area contributed by atoms with Crippen LogP contribution in [-0.2, 0) is 0 Å². The number of nitrogens with zero attached hydrogens (tertiary/aromatic N) is 1. The highest BCUT2D eigenvalue weighted by molar-refractivity contribution is 5.13. The number of hydrogen-bond donors (Lipinski definition) is 2. The normalized spacial score (nSPS) is 14.0. The lowest BCUT2D eigenvalue weighted by atomic mass is 9.99. The predicted octanol–water partition coefficient (Wildman–Crippen LogP) is 3.46. The maximum atomic E-state index is 5.23. The zero-order chi connectivity index (χ0) is 14.9. The summed E-state index contributed by atoms with van der Waals surface area (Å²) < 4.78 is 5.23. The van der Waals surface area contributed by atoms with E-state index in [1.165, 1.54) is 5.56 Å². The number of aromatic nitrogens is 1. The molecule has 21 heavy (non-hydrogen) atoms. The van der Waals surface area contributed by atoms with Crippen molar-refractivity contribution in [1.82, 2.24) is 15.6 Å². The molecule has 2 heterocycles. The van der Waals surface area contributed by atoms with Gasteiger partial charge in [-0.1, -0.05) is 13.0 Å². The van der Waals surface area contributed by atoms with Gasteiger partial charge in [-0.15, -0.1) is 0 Å². The highest BCUT2D eigenvalue weighted by atomic mass is 16.3. The van der Waals surface area contributed by atoms with E-state index in [1.54, 1.807) is 6.26 Å². The fourth-order valence-corrected chi connectivity index (χ4v) is 2.53. The van der Waals surface area contributed by atoms with Gasteiger partial charge in [-0.25, -0.2) is 0 Å². The molecule has 0 spiro atoms. The number of rotatable bonds is 9. The standard InChI is InChI=1S/C17H25N3O/c1-3-10-19-15(14-9-12-21-13-14)7-8-16(18-2)17-6-4-5-11-20-17/h4-6,9,11-13,15-16,18-19H,3,7-8,10H2,1-2H3. The van der Waals surface area contributed by atoms with E-state index < -0.39 is 0 Å². The summed E-state index contributed by atoms with van der Waals surface area (Å²) in [5.74, 6) is 0. The second-order valence-electron chi connectivity index (χ2n) is 5.24. The molecular weight excluding hydrogens is 262 g/mol. The number of furan rings is 1. The molecule has 2 rings (SSSR count). The van der Waals surface area contributed by atoms with Crippen LogP contribution in [0.3, 0.4) is 0 Å². The first-order chi connectivity index (χ1) is 10.3. The van der Waals surface area contributed by atoms with Gasteiger partial charge in [-0.05, 0) is 51.1 Å². The van der Waals surface area contributed by atoms with Crippen LogP contribution in [0.4, 0.5) is 0 Å². The molecule has 0 bridgehead atoms. The first-order valence-electron chi connectivity index (χ1n) is 7.68. The van der Waals surface area contributed by atoms with Crippen molar-refractivity contribution in [3.63, 3.8) is 0 Å². The molecule has 4 heteroatoms. The van der Waals surface area contributed by atoms with Crippen molar-refractivity contribution in [2.45, 2.75) is 38.3 Å². The molecule has 0 fully saturated rings. The highest BCUT2D eigenvalue weighted by Gasteiger charge is 2.16. The molecule has 0 saturated heterocycles. The van der Waals surface area contributed by atoms with Gasteiger partial charge in [0.25, 0.3) is 0 Å². The number of hydrogen-bond acceptors (Lipinski definition) is 4. The van der Waals surface area contributed by atoms with Gasteiger partial charge < -0.3 is 15.1 Å².